The Morgan fingerprint density at radius 3 is 2.86 bits per heavy atom. The largest absolute Gasteiger partial charge is 0.491 e. The van der Waals surface area contributed by atoms with Gasteiger partial charge in [-0.3, -0.25) is 0 Å². The number of aryl methyl sites for hydroxylation is 1. The molecule has 7 heteroatoms. The van der Waals surface area contributed by atoms with Gasteiger partial charge in [-0.25, -0.2) is 4.68 Å². The third-order valence-electron chi connectivity index (χ3n) is 2.96. The van der Waals surface area contributed by atoms with Crippen LogP contribution < -0.4 is 10.1 Å². The van der Waals surface area contributed by atoms with Gasteiger partial charge in [-0.15, -0.1) is 5.10 Å². The van der Waals surface area contributed by atoms with Crippen molar-refractivity contribution < 1.29 is 4.74 Å². The number of hydrogen-bond donors (Lipinski definition) is 1. The van der Waals surface area contributed by atoms with Gasteiger partial charge in [0, 0.05) is 24.9 Å². The van der Waals surface area contributed by atoms with Crippen molar-refractivity contribution in [2.45, 2.75) is 38.1 Å². The number of ether oxygens (including phenoxy) is 1. The molecule has 0 aliphatic carbocycles. The van der Waals surface area contributed by atoms with Crippen LogP contribution in [0, 0.1) is 0 Å². The number of nitrogens with zero attached hydrogens (tertiary/aromatic N) is 4. The quantitative estimate of drug-likeness (QED) is 0.564. The van der Waals surface area contributed by atoms with Crippen LogP contribution in [-0.4, -0.2) is 38.6 Å². The molecule has 6 nitrogen and oxygen atoms in total. The van der Waals surface area contributed by atoms with Crippen molar-refractivity contribution in [3.63, 3.8) is 0 Å². The average Bonchev–Trinajstić information content (AvgIpc) is 2.89. The van der Waals surface area contributed by atoms with Gasteiger partial charge in [0.2, 0.25) is 5.16 Å². The molecule has 2 aromatic rings. The van der Waals surface area contributed by atoms with E-state index in [0.29, 0.717) is 0 Å². The van der Waals surface area contributed by atoms with E-state index in [1.807, 2.05) is 39.1 Å². The van der Waals surface area contributed by atoms with E-state index in [1.165, 1.54) is 5.56 Å². The molecule has 0 amide bonds. The summed E-state index contributed by atoms with van der Waals surface area (Å²) in [5.74, 6) is 1.95. The number of benzene rings is 1. The second-order valence-electron chi connectivity index (χ2n) is 5.24. The number of tetrazole rings is 1. The maximum Gasteiger partial charge on any atom is 0.209 e. The van der Waals surface area contributed by atoms with Gasteiger partial charge in [-0.2, -0.15) is 0 Å². The number of aromatic nitrogens is 4. The maximum absolute atomic E-state index is 5.82. The molecule has 0 radical (unpaired) electrons. The number of para-hydroxylation sites is 1. The molecular formula is C15H23N5OS. The third kappa shape index (κ3) is 5.31. The predicted molar refractivity (Wildman–Crippen MR) is 88.1 cm³/mol. The molecule has 1 heterocycles. The Balaban J connectivity index is 1.67. The number of rotatable bonds is 9. The van der Waals surface area contributed by atoms with Crippen molar-refractivity contribution in [3.05, 3.63) is 29.8 Å². The van der Waals surface area contributed by atoms with Gasteiger partial charge >= 0.3 is 0 Å². The second kappa shape index (κ2) is 8.75. The van der Waals surface area contributed by atoms with Crippen LogP contribution in [0.2, 0.25) is 0 Å². The van der Waals surface area contributed by atoms with Gasteiger partial charge < -0.3 is 10.1 Å². The summed E-state index contributed by atoms with van der Waals surface area (Å²) in [4.78, 5) is 0. The van der Waals surface area contributed by atoms with Gasteiger partial charge in [0.1, 0.15) is 5.75 Å². The van der Waals surface area contributed by atoms with E-state index < -0.39 is 0 Å². The minimum atomic E-state index is 0.192. The highest BCUT2D eigenvalue weighted by Crippen LogP contribution is 2.19. The number of hydrogen-bond acceptors (Lipinski definition) is 6. The number of thioether (sulfide) groups is 1. The summed E-state index contributed by atoms with van der Waals surface area (Å²) in [6.07, 6.45) is 1.25. The topological polar surface area (TPSA) is 64.9 Å². The zero-order valence-electron chi connectivity index (χ0n) is 13.3. The van der Waals surface area contributed by atoms with Gasteiger partial charge in [0.15, 0.2) is 0 Å². The van der Waals surface area contributed by atoms with E-state index in [2.05, 4.69) is 26.9 Å². The summed E-state index contributed by atoms with van der Waals surface area (Å²) in [6.45, 7) is 5.86. The normalized spacial score (nSPS) is 11.1. The van der Waals surface area contributed by atoms with Crippen LogP contribution in [0.5, 0.6) is 5.75 Å². The Bertz CT molecular complexity index is 573. The lowest BCUT2D eigenvalue weighted by atomic mass is 10.2. The summed E-state index contributed by atoms with van der Waals surface area (Å²) < 4.78 is 7.51. The standard InChI is InChI=1S/C15H23N5OS/c1-12(2)21-14-8-5-4-7-13(14)11-16-9-6-10-22-15-17-18-19-20(15)3/h4-5,7-8,12,16H,6,9-11H2,1-3H3. The summed E-state index contributed by atoms with van der Waals surface area (Å²) in [5.41, 5.74) is 1.20. The first-order valence-corrected chi connectivity index (χ1v) is 8.46. The molecule has 22 heavy (non-hydrogen) atoms. The lowest BCUT2D eigenvalue weighted by Gasteiger charge is -2.14. The molecule has 0 unspecified atom stereocenters. The molecule has 0 fully saturated rings. The molecule has 120 valence electrons. The van der Waals surface area contributed by atoms with Crippen LogP contribution in [0.1, 0.15) is 25.8 Å². The first kappa shape index (κ1) is 16.8. The fourth-order valence-electron chi connectivity index (χ4n) is 1.95. The molecule has 0 saturated carbocycles. The van der Waals surface area contributed by atoms with Crippen LogP contribution in [0.25, 0.3) is 0 Å². The van der Waals surface area contributed by atoms with Gasteiger partial charge in [-0.1, -0.05) is 30.0 Å². The van der Waals surface area contributed by atoms with Crippen molar-refractivity contribution in [3.8, 4) is 5.75 Å². The van der Waals surface area contributed by atoms with E-state index in [0.717, 1.165) is 36.2 Å². The molecule has 2 rings (SSSR count). The van der Waals surface area contributed by atoms with Crippen LogP contribution in [0.3, 0.4) is 0 Å². The Kier molecular flexibility index (Phi) is 6.67. The van der Waals surface area contributed by atoms with E-state index in [1.54, 1.807) is 16.4 Å². The Hall–Kier alpha value is -1.60. The molecular weight excluding hydrogens is 298 g/mol. The van der Waals surface area contributed by atoms with Crippen molar-refractivity contribution in [1.82, 2.24) is 25.5 Å². The lowest BCUT2D eigenvalue weighted by Crippen LogP contribution is -2.17. The first-order valence-electron chi connectivity index (χ1n) is 7.47. The van der Waals surface area contributed by atoms with Crippen molar-refractivity contribution in [2.75, 3.05) is 12.3 Å². The zero-order valence-corrected chi connectivity index (χ0v) is 14.1. The fourth-order valence-corrected chi connectivity index (χ4v) is 2.73. The van der Waals surface area contributed by atoms with Crippen LogP contribution >= 0.6 is 11.8 Å². The first-order chi connectivity index (χ1) is 10.7. The van der Waals surface area contributed by atoms with Crippen LogP contribution in [0.15, 0.2) is 29.4 Å². The monoisotopic (exact) mass is 321 g/mol. The highest BCUT2D eigenvalue weighted by molar-refractivity contribution is 7.99. The van der Waals surface area contributed by atoms with Crippen molar-refractivity contribution in [2.24, 2.45) is 7.05 Å². The molecule has 0 spiro atoms. The molecule has 0 aliphatic heterocycles. The second-order valence-corrected chi connectivity index (χ2v) is 6.30. The Morgan fingerprint density at radius 2 is 2.14 bits per heavy atom. The summed E-state index contributed by atoms with van der Waals surface area (Å²) in [7, 11) is 1.85. The molecule has 1 aromatic heterocycles. The predicted octanol–water partition coefficient (Wildman–Crippen LogP) is 2.27. The lowest BCUT2D eigenvalue weighted by molar-refractivity contribution is 0.239. The van der Waals surface area contributed by atoms with Gasteiger partial charge in [0.05, 0.1) is 6.10 Å². The molecule has 0 aliphatic rings. The Morgan fingerprint density at radius 1 is 1.32 bits per heavy atom. The minimum absolute atomic E-state index is 0.192. The van der Waals surface area contributed by atoms with E-state index in [9.17, 15) is 0 Å². The smallest absolute Gasteiger partial charge is 0.209 e. The van der Waals surface area contributed by atoms with Gasteiger partial charge in [-0.05, 0) is 43.3 Å². The van der Waals surface area contributed by atoms with Crippen LogP contribution in [0.4, 0.5) is 0 Å². The fraction of sp³-hybridized carbons (Fsp3) is 0.533. The molecule has 0 saturated heterocycles. The molecule has 1 aromatic carbocycles. The molecule has 0 atom stereocenters. The zero-order chi connectivity index (χ0) is 15.8. The molecule has 0 bridgehead atoms. The van der Waals surface area contributed by atoms with Crippen molar-refractivity contribution in [1.29, 1.82) is 0 Å². The highest BCUT2D eigenvalue weighted by Gasteiger charge is 2.05. The summed E-state index contributed by atoms with van der Waals surface area (Å²) >= 11 is 1.67. The SMILES string of the molecule is CC(C)Oc1ccccc1CNCCCSc1nnnn1C. The summed E-state index contributed by atoms with van der Waals surface area (Å²) in [6, 6.07) is 8.17. The van der Waals surface area contributed by atoms with E-state index in [4.69, 9.17) is 4.74 Å². The van der Waals surface area contributed by atoms with Gasteiger partial charge in [0.25, 0.3) is 0 Å². The minimum Gasteiger partial charge on any atom is -0.491 e. The third-order valence-corrected chi connectivity index (χ3v) is 4.06. The van der Waals surface area contributed by atoms with E-state index >= 15 is 0 Å². The van der Waals surface area contributed by atoms with Crippen LogP contribution in [-0.2, 0) is 13.6 Å². The molecule has 1 N–H and O–H groups in total. The Labute approximate surface area is 135 Å². The summed E-state index contributed by atoms with van der Waals surface area (Å²) in [5, 5.41) is 15.7. The highest BCUT2D eigenvalue weighted by atomic mass is 32.2. The van der Waals surface area contributed by atoms with Crippen molar-refractivity contribution >= 4 is 11.8 Å². The maximum atomic E-state index is 5.82. The average molecular weight is 321 g/mol. The van der Waals surface area contributed by atoms with E-state index in [-0.39, 0.29) is 6.10 Å². The number of nitrogens with one attached hydrogen (secondary N) is 1.